The van der Waals surface area contributed by atoms with E-state index in [4.69, 9.17) is 5.73 Å². The van der Waals surface area contributed by atoms with Gasteiger partial charge in [-0.05, 0) is 25.5 Å². The van der Waals surface area contributed by atoms with Crippen molar-refractivity contribution in [3.8, 4) is 5.69 Å². The first-order chi connectivity index (χ1) is 9.69. The average Bonchev–Trinajstić information content (AvgIpc) is 2.95. The molecule has 0 amide bonds. The molecular formula is C15H17N5. The summed E-state index contributed by atoms with van der Waals surface area (Å²) in [5.41, 5.74) is 9.63. The Labute approximate surface area is 117 Å². The van der Waals surface area contributed by atoms with E-state index in [9.17, 15) is 0 Å². The van der Waals surface area contributed by atoms with E-state index in [0.29, 0.717) is 0 Å². The normalized spacial score (nSPS) is 12.8. The second kappa shape index (κ2) is 5.02. The van der Waals surface area contributed by atoms with E-state index in [0.717, 1.165) is 34.4 Å². The number of benzene rings is 1. The zero-order chi connectivity index (χ0) is 14.1. The van der Waals surface area contributed by atoms with E-state index in [1.54, 1.807) is 4.68 Å². The van der Waals surface area contributed by atoms with Crippen LogP contribution in [-0.4, -0.2) is 20.0 Å². The molecule has 5 heteroatoms. The molecule has 1 atom stereocenters. The summed E-state index contributed by atoms with van der Waals surface area (Å²) in [6.45, 7) is 4.02. The van der Waals surface area contributed by atoms with Crippen molar-refractivity contribution in [2.24, 2.45) is 5.73 Å². The highest BCUT2D eigenvalue weighted by molar-refractivity contribution is 5.86. The van der Waals surface area contributed by atoms with Crippen molar-refractivity contribution in [1.82, 2.24) is 20.0 Å². The molecule has 2 N–H and O–H groups in total. The van der Waals surface area contributed by atoms with Gasteiger partial charge in [-0.15, -0.1) is 5.10 Å². The maximum Gasteiger partial charge on any atom is 0.0998 e. The number of nitrogens with two attached hydrogens (primary N) is 1. The van der Waals surface area contributed by atoms with Gasteiger partial charge < -0.3 is 5.73 Å². The standard InChI is InChI=1S/C15H17N5/c1-3-12(16)13-9-20(19-18-13)14-6-4-5-11-8-7-10(2)17-15(11)14/h4-9,12H,3,16H2,1-2H3. The van der Waals surface area contributed by atoms with Gasteiger partial charge in [0.05, 0.1) is 29.1 Å². The summed E-state index contributed by atoms with van der Waals surface area (Å²) >= 11 is 0. The Hall–Kier alpha value is -2.27. The predicted molar refractivity (Wildman–Crippen MR) is 78.6 cm³/mol. The molecule has 0 bridgehead atoms. The number of aromatic nitrogens is 4. The largest absolute Gasteiger partial charge is 0.323 e. The van der Waals surface area contributed by atoms with Crippen LogP contribution in [0, 0.1) is 6.92 Å². The number of fused-ring (bicyclic) bond motifs is 1. The molecule has 3 rings (SSSR count). The maximum atomic E-state index is 5.99. The van der Waals surface area contributed by atoms with Crippen LogP contribution in [0.4, 0.5) is 0 Å². The molecule has 5 nitrogen and oxygen atoms in total. The zero-order valence-electron chi connectivity index (χ0n) is 11.6. The van der Waals surface area contributed by atoms with Crippen molar-refractivity contribution in [3.05, 3.63) is 47.9 Å². The number of para-hydroxylation sites is 1. The fourth-order valence-corrected chi connectivity index (χ4v) is 2.19. The average molecular weight is 267 g/mol. The number of aryl methyl sites for hydroxylation is 1. The van der Waals surface area contributed by atoms with Gasteiger partial charge in [-0.25, -0.2) is 4.68 Å². The molecule has 2 aromatic heterocycles. The third-order valence-corrected chi connectivity index (χ3v) is 3.42. The third kappa shape index (κ3) is 2.16. The molecule has 3 aromatic rings. The van der Waals surface area contributed by atoms with Crippen molar-refractivity contribution >= 4 is 10.9 Å². The molecule has 0 spiro atoms. The summed E-state index contributed by atoms with van der Waals surface area (Å²) in [7, 11) is 0. The van der Waals surface area contributed by atoms with Crippen molar-refractivity contribution in [2.45, 2.75) is 26.3 Å². The van der Waals surface area contributed by atoms with Crippen molar-refractivity contribution in [3.63, 3.8) is 0 Å². The van der Waals surface area contributed by atoms with Gasteiger partial charge in [0.15, 0.2) is 0 Å². The number of nitrogens with zero attached hydrogens (tertiary/aromatic N) is 4. The highest BCUT2D eigenvalue weighted by atomic mass is 15.4. The van der Waals surface area contributed by atoms with Crippen LogP contribution in [0.2, 0.25) is 0 Å². The Morgan fingerprint density at radius 3 is 2.90 bits per heavy atom. The van der Waals surface area contributed by atoms with Gasteiger partial charge in [-0.1, -0.05) is 30.3 Å². The summed E-state index contributed by atoms with van der Waals surface area (Å²) in [5, 5.41) is 9.42. The second-order valence-electron chi connectivity index (χ2n) is 4.90. The SMILES string of the molecule is CCC(N)c1cn(-c2cccc3ccc(C)nc23)nn1. The molecule has 1 aromatic carbocycles. The highest BCUT2D eigenvalue weighted by Crippen LogP contribution is 2.21. The molecule has 0 saturated carbocycles. The van der Waals surface area contributed by atoms with Crippen LogP contribution in [0.1, 0.15) is 30.8 Å². The molecule has 0 saturated heterocycles. The van der Waals surface area contributed by atoms with Crippen LogP contribution < -0.4 is 5.73 Å². The monoisotopic (exact) mass is 267 g/mol. The lowest BCUT2D eigenvalue weighted by atomic mass is 10.1. The lowest BCUT2D eigenvalue weighted by Gasteiger charge is -2.06. The first-order valence-electron chi connectivity index (χ1n) is 6.73. The van der Waals surface area contributed by atoms with Crippen molar-refractivity contribution in [1.29, 1.82) is 0 Å². The van der Waals surface area contributed by atoms with Gasteiger partial charge >= 0.3 is 0 Å². The molecule has 0 aliphatic heterocycles. The topological polar surface area (TPSA) is 69.6 Å². The summed E-state index contributed by atoms with van der Waals surface area (Å²) < 4.78 is 1.75. The van der Waals surface area contributed by atoms with E-state index in [2.05, 4.69) is 21.4 Å². The van der Waals surface area contributed by atoms with Gasteiger partial charge in [0, 0.05) is 11.1 Å². The Morgan fingerprint density at radius 1 is 1.25 bits per heavy atom. The van der Waals surface area contributed by atoms with Crippen LogP contribution in [-0.2, 0) is 0 Å². The number of hydrogen-bond donors (Lipinski definition) is 1. The minimum Gasteiger partial charge on any atom is -0.323 e. The Morgan fingerprint density at radius 2 is 2.10 bits per heavy atom. The highest BCUT2D eigenvalue weighted by Gasteiger charge is 2.11. The van der Waals surface area contributed by atoms with Crippen LogP contribution in [0.25, 0.3) is 16.6 Å². The molecule has 0 aliphatic rings. The fraction of sp³-hybridized carbons (Fsp3) is 0.267. The van der Waals surface area contributed by atoms with E-state index in [1.165, 1.54) is 0 Å². The number of rotatable bonds is 3. The predicted octanol–water partition coefficient (Wildman–Crippen LogP) is 2.53. The minimum atomic E-state index is -0.0755. The number of pyridine rings is 1. The molecule has 0 radical (unpaired) electrons. The van der Waals surface area contributed by atoms with Crippen LogP contribution in [0.15, 0.2) is 36.5 Å². The van der Waals surface area contributed by atoms with Crippen LogP contribution in [0.5, 0.6) is 0 Å². The minimum absolute atomic E-state index is 0.0755. The van der Waals surface area contributed by atoms with Crippen molar-refractivity contribution < 1.29 is 0 Å². The number of hydrogen-bond acceptors (Lipinski definition) is 4. The Balaban J connectivity index is 2.14. The summed E-state index contributed by atoms with van der Waals surface area (Å²) in [6, 6.07) is 10.0. The van der Waals surface area contributed by atoms with E-state index in [1.807, 2.05) is 44.3 Å². The quantitative estimate of drug-likeness (QED) is 0.791. The van der Waals surface area contributed by atoms with E-state index in [-0.39, 0.29) is 6.04 Å². The van der Waals surface area contributed by atoms with Crippen molar-refractivity contribution in [2.75, 3.05) is 0 Å². The first-order valence-corrected chi connectivity index (χ1v) is 6.73. The van der Waals surface area contributed by atoms with Crippen LogP contribution in [0.3, 0.4) is 0 Å². The van der Waals surface area contributed by atoms with Crippen LogP contribution >= 0.6 is 0 Å². The van der Waals surface area contributed by atoms with Gasteiger partial charge in [-0.3, -0.25) is 4.98 Å². The Bertz CT molecular complexity index is 747. The maximum absolute atomic E-state index is 5.99. The molecule has 20 heavy (non-hydrogen) atoms. The molecule has 1 unspecified atom stereocenters. The molecule has 2 heterocycles. The molecule has 0 fully saturated rings. The molecular weight excluding hydrogens is 250 g/mol. The Kier molecular flexibility index (Phi) is 3.20. The van der Waals surface area contributed by atoms with Gasteiger partial charge in [-0.2, -0.15) is 0 Å². The summed E-state index contributed by atoms with van der Waals surface area (Å²) in [4.78, 5) is 4.61. The lowest BCUT2D eigenvalue weighted by Crippen LogP contribution is -2.08. The summed E-state index contributed by atoms with van der Waals surface area (Å²) in [6.07, 6.45) is 2.72. The van der Waals surface area contributed by atoms with Gasteiger partial charge in [0.25, 0.3) is 0 Å². The van der Waals surface area contributed by atoms with Gasteiger partial charge in [0.2, 0.25) is 0 Å². The fourth-order valence-electron chi connectivity index (χ4n) is 2.19. The molecule has 102 valence electrons. The molecule has 0 aliphatic carbocycles. The smallest absolute Gasteiger partial charge is 0.0998 e. The van der Waals surface area contributed by atoms with Gasteiger partial charge in [0.1, 0.15) is 0 Å². The van der Waals surface area contributed by atoms with E-state index >= 15 is 0 Å². The second-order valence-corrected chi connectivity index (χ2v) is 4.90. The van der Waals surface area contributed by atoms with E-state index < -0.39 is 0 Å². The lowest BCUT2D eigenvalue weighted by molar-refractivity contribution is 0.670. The third-order valence-electron chi connectivity index (χ3n) is 3.42. The first kappa shape index (κ1) is 12.7. The zero-order valence-corrected chi connectivity index (χ0v) is 11.6. The summed E-state index contributed by atoms with van der Waals surface area (Å²) in [5.74, 6) is 0.